The van der Waals surface area contributed by atoms with Crippen LogP contribution in [0.25, 0.3) is 16.7 Å². The van der Waals surface area contributed by atoms with Gasteiger partial charge < -0.3 is 14.6 Å². The average molecular weight is 387 g/mol. The van der Waals surface area contributed by atoms with Gasteiger partial charge in [-0.2, -0.15) is 5.10 Å². The number of imidazole rings is 1. The first kappa shape index (κ1) is 17.5. The third-order valence-corrected chi connectivity index (χ3v) is 5.27. The van der Waals surface area contributed by atoms with Gasteiger partial charge in [0.25, 0.3) is 5.91 Å². The maximum atomic E-state index is 12.7. The lowest BCUT2D eigenvalue weighted by atomic mass is 10.2. The van der Waals surface area contributed by atoms with Gasteiger partial charge in [0.1, 0.15) is 11.6 Å². The maximum Gasteiger partial charge on any atom is 0.276 e. The molecule has 0 saturated heterocycles. The summed E-state index contributed by atoms with van der Waals surface area (Å²) in [5, 5.41) is 7.31. The van der Waals surface area contributed by atoms with Gasteiger partial charge in [-0.05, 0) is 61.4 Å². The highest BCUT2D eigenvalue weighted by Gasteiger charge is 2.28. The van der Waals surface area contributed by atoms with Crippen molar-refractivity contribution in [2.45, 2.75) is 18.8 Å². The van der Waals surface area contributed by atoms with Crippen molar-refractivity contribution in [2.75, 3.05) is 12.4 Å². The molecule has 1 amide bonds. The first-order chi connectivity index (χ1) is 14.1. The quantitative estimate of drug-likeness (QED) is 0.564. The fraction of sp³-hybridized carbons (Fsp3) is 0.227. The van der Waals surface area contributed by atoms with Crippen molar-refractivity contribution in [2.24, 2.45) is 7.05 Å². The molecule has 7 heteroatoms. The highest BCUT2D eigenvalue weighted by atomic mass is 16.5. The number of carbonyl (C=O) groups is 1. The molecule has 0 atom stereocenters. The molecule has 4 aromatic rings. The second-order valence-electron chi connectivity index (χ2n) is 7.30. The Kier molecular flexibility index (Phi) is 4.08. The minimum atomic E-state index is -0.255. The minimum absolute atomic E-state index is 0.255. The molecule has 29 heavy (non-hydrogen) atoms. The van der Waals surface area contributed by atoms with Crippen molar-refractivity contribution in [1.82, 2.24) is 19.3 Å². The first-order valence-corrected chi connectivity index (χ1v) is 9.60. The Balaban J connectivity index is 1.35. The van der Waals surface area contributed by atoms with Crippen LogP contribution in [0.5, 0.6) is 5.75 Å². The van der Waals surface area contributed by atoms with Gasteiger partial charge in [-0.15, -0.1) is 0 Å². The maximum absolute atomic E-state index is 12.7. The molecular weight excluding hydrogens is 366 g/mol. The normalized spacial score (nSPS) is 13.6. The predicted octanol–water partition coefficient (Wildman–Crippen LogP) is 3.90. The summed E-state index contributed by atoms with van der Waals surface area (Å²) in [6.45, 7) is 0. The number of hydrogen-bond acceptors (Lipinski definition) is 4. The fourth-order valence-corrected chi connectivity index (χ4v) is 3.52. The molecule has 2 heterocycles. The van der Waals surface area contributed by atoms with Gasteiger partial charge in [-0.25, -0.2) is 9.67 Å². The highest BCUT2D eigenvalue weighted by Crippen LogP contribution is 2.40. The summed E-state index contributed by atoms with van der Waals surface area (Å²) in [5.41, 5.74) is 3.89. The number of ether oxygens (including phenoxy) is 1. The summed E-state index contributed by atoms with van der Waals surface area (Å²) in [6.07, 6.45) is 4.18. The van der Waals surface area contributed by atoms with Crippen LogP contribution in [0.2, 0.25) is 0 Å². The molecule has 0 radical (unpaired) electrons. The van der Waals surface area contributed by atoms with Crippen LogP contribution < -0.4 is 10.1 Å². The van der Waals surface area contributed by atoms with Crippen molar-refractivity contribution in [3.05, 3.63) is 66.2 Å². The summed E-state index contributed by atoms with van der Waals surface area (Å²) >= 11 is 0. The van der Waals surface area contributed by atoms with Crippen LogP contribution in [0.1, 0.15) is 35.1 Å². The molecule has 0 spiro atoms. The monoisotopic (exact) mass is 387 g/mol. The van der Waals surface area contributed by atoms with Crippen molar-refractivity contribution >= 4 is 22.6 Å². The van der Waals surface area contributed by atoms with E-state index >= 15 is 0 Å². The van der Waals surface area contributed by atoms with E-state index in [9.17, 15) is 4.79 Å². The second kappa shape index (κ2) is 6.77. The fourth-order valence-electron chi connectivity index (χ4n) is 3.52. The Bertz CT molecular complexity index is 1200. The topological polar surface area (TPSA) is 74.0 Å². The van der Waals surface area contributed by atoms with E-state index in [1.807, 2.05) is 49.5 Å². The molecule has 2 aromatic carbocycles. The Morgan fingerprint density at radius 2 is 1.93 bits per heavy atom. The van der Waals surface area contributed by atoms with Gasteiger partial charge in [-0.3, -0.25) is 4.79 Å². The minimum Gasteiger partial charge on any atom is -0.497 e. The molecule has 146 valence electrons. The van der Waals surface area contributed by atoms with Crippen molar-refractivity contribution in [3.63, 3.8) is 0 Å². The van der Waals surface area contributed by atoms with Crippen LogP contribution in [0.4, 0.5) is 5.69 Å². The molecule has 1 fully saturated rings. The number of carbonyl (C=O) groups excluding carboxylic acids is 1. The molecule has 0 aliphatic heterocycles. The lowest BCUT2D eigenvalue weighted by Crippen LogP contribution is -2.13. The van der Waals surface area contributed by atoms with Crippen LogP contribution in [-0.4, -0.2) is 32.3 Å². The molecule has 2 aromatic heterocycles. The van der Waals surface area contributed by atoms with Crippen LogP contribution in [0.15, 0.2) is 54.7 Å². The molecule has 0 unspecified atom stereocenters. The van der Waals surface area contributed by atoms with Gasteiger partial charge in [0.2, 0.25) is 0 Å². The van der Waals surface area contributed by atoms with Crippen LogP contribution >= 0.6 is 0 Å². The zero-order chi connectivity index (χ0) is 20.0. The van der Waals surface area contributed by atoms with E-state index < -0.39 is 0 Å². The van der Waals surface area contributed by atoms with Crippen molar-refractivity contribution in [1.29, 1.82) is 0 Å². The summed E-state index contributed by atoms with van der Waals surface area (Å²) in [5.74, 6) is 2.22. The summed E-state index contributed by atoms with van der Waals surface area (Å²) in [4.78, 5) is 17.4. The van der Waals surface area contributed by atoms with Crippen LogP contribution in [0.3, 0.4) is 0 Å². The average Bonchev–Trinajstić information content (AvgIpc) is 3.36. The third kappa shape index (κ3) is 3.24. The molecule has 1 aliphatic rings. The molecule has 7 nitrogen and oxygen atoms in total. The number of nitrogens with zero attached hydrogens (tertiary/aromatic N) is 4. The number of hydrogen-bond donors (Lipinski definition) is 1. The van der Waals surface area contributed by atoms with Crippen LogP contribution in [-0.2, 0) is 7.05 Å². The number of nitrogens with one attached hydrogen (secondary N) is 1. The van der Waals surface area contributed by atoms with E-state index in [1.165, 1.54) is 12.8 Å². The van der Waals surface area contributed by atoms with E-state index in [1.54, 1.807) is 24.1 Å². The zero-order valence-electron chi connectivity index (χ0n) is 16.3. The Morgan fingerprint density at radius 3 is 2.66 bits per heavy atom. The molecular formula is C22H21N5O2. The summed E-state index contributed by atoms with van der Waals surface area (Å²) in [7, 11) is 3.67. The Labute approximate surface area is 167 Å². The molecule has 1 N–H and O–H groups in total. The van der Waals surface area contributed by atoms with Crippen molar-refractivity contribution in [3.8, 4) is 11.4 Å². The number of amides is 1. The zero-order valence-corrected chi connectivity index (χ0v) is 16.3. The lowest BCUT2D eigenvalue weighted by Gasteiger charge is -2.05. The van der Waals surface area contributed by atoms with E-state index in [4.69, 9.17) is 9.72 Å². The molecule has 5 rings (SSSR count). The largest absolute Gasteiger partial charge is 0.497 e. The number of fused-ring (bicyclic) bond motifs is 1. The van der Waals surface area contributed by atoms with Gasteiger partial charge in [0, 0.05) is 24.8 Å². The molecule has 1 aliphatic carbocycles. The number of aromatic nitrogens is 4. The molecule has 1 saturated carbocycles. The number of rotatable bonds is 5. The summed E-state index contributed by atoms with van der Waals surface area (Å²) in [6, 6.07) is 15.0. The SMILES string of the molecule is COc1ccc(-n2ccc(C(=O)Nc3ccc4c(c3)nc(C3CC3)n4C)n2)cc1. The first-order valence-electron chi connectivity index (χ1n) is 9.60. The number of methoxy groups -OCH3 is 1. The smallest absolute Gasteiger partial charge is 0.276 e. The van der Waals surface area contributed by atoms with Crippen LogP contribution in [0, 0.1) is 0 Å². The number of benzene rings is 2. The summed E-state index contributed by atoms with van der Waals surface area (Å²) < 4.78 is 8.98. The highest BCUT2D eigenvalue weighted by molar-refractivity contribution is 6.03. The van der Waals surface area contributed by atoms with E-state index in [2.05, 4.69) is 15.0 Å². The Morgan fingerprint density at radius 1 is 1.14 bits per heavy atom. The Hall–Kier alpha value is -3.61. The number of anilines is 1. The van der Waals surface area contributed by atoms with Gasteiger partial charge >= 0.3 is 0 Å². The van der Waals surface area contributed by atoms with Crippen molar-refractivity contribution < 1.29 is 9.53 Å². The predicted molar refractivity (Wildman–Crippen MR) is 111 cm³/mol. The van der Waals surface area contributed by atoms with Gasteiger partial charge in [-0.1, -0.05) is 0 Å². The number of aryl methyl sites for hydroxylation is 1. The third-order valence-electron chi connectivity index (χ3n) is 5.27. The second-order valence-corrected chi connectivity index (χ2v) is 7.30. The van der Waals surface area contributed by atoms with Gasteiger partial charge in [0.15, 0.2) is 5.69 Å². The lowest BCUT2D eigenvalue weighted by molar-refractivity contribution is 0.102. The molecule has 0 bridgehead atoms. The van der Waals surface area contributed by atoms with E-state index in [0.29, 0.717) is 17.3 Å². The standard InChI is InChI=1S/C22H21N5O2/c1-26-20-10-5-15(13-19(20)24-21(26)14-3-4-14)23-22(28)18-11-12-27(25-18)16-6-8-17(29-2)9-7-16/h5-14H,3-4H2,1-2H3,(H,23,28). The van der Waals surface area contributed by atoms with E-state index in [0.717, 1.165) is 28.3 Å². The van der Waals surface area contributed by atoms with E-state index in [-0.39, 0.29) is 5.91 Å². The van der Waals surface area contributed by atoms with Gasteiger partial charge in [0.05, 0.1) is 23.8 Å².